The number of methoxy groups -OCH3 is 2. The first kappa shape index (κ1) is 16.6. The summed E-state index contributed by atoms with van der Waals surface area (Å²) in [6.45, 7) is 0. The van der Waals surface area contributed by atoms with Crippen LogP contribution in [0.4, 0.5) is 0 Å². The van der Waals surface area contributed by atoms with E-state index in [2.05, 4.69) is 5.32 Å². The van der Waals surface area contributed by atoms with Crippen LogP contribution in [-0.4, -0.2) is 32.1 Å². The van der Waals surface area contributed by atoms with E-state index in [1.54, 1.807) is 0 Å². The molecule has 2 saturated carbocycles. The summed E-state index contributed by atoms with van der Waals surface area (Å²) in [6.07, 6.45) is 7.05. The van der Waals surface area contributed by atoms with Gasteiger partial charge in [-0.3, -0.25) is 9.59 Å². The van der Waals surface area contributed by atoms with Crippen LogP contribution in [0.15, 0.2) is 12.1 Å². The lowest BCUT2D eigenvalue weighted by Crippen LogP contribution is -2.38. The Balaban J connectivity index is 1.77. The standard InChI is InChI=1S/C18H24N2O4/c1-23-14-10-15(24-2)13(9-12(14)16(19)21)17(22)20-11-3-5-18(6-4-11)7-8-18/h9-11H,3-8H2,1-2H3,(H2,19,21)(H,20,22). The average Bonchev–Trinajstić information content (AvgIpc) is 3.35. The molecule has 0 saturated heterocycles. The predicted octanol–water partition coefficient (Wildman–Crippen LogP) is 2.26. The van der Waals surface area contributed by atoms with Crippen molar-refractivity contribution in [2.45, 2.75) is 44.6 Å². The third-order valence-electron chi connectivity index (χ3n) is 5.37. The van der Waals surface area contributed by atoms with Crippen LogP contribution >= 0.6 is 0 Å². The summed E-state index contributed by atoms with van der Waals surface area (Å²) in [5, 5.41) is 3.07. The number of hydrogen-bond acceptors (Lipinski definition) is 4. The van der Waals surface area contributed by atoms with Gasteiger partial charge >= 0.3 is 0 Å². The van der Waals surface area contributed by atoms with E-state index in [0.717, 1.165) is 12.8 Å². The van der Waals surface area contributed by atoms with E-state index in [0.29, 0.717) is 22.5 Å². The maximum Gasteiger partial charge on any atom is 0.255 e. The van der Waals surface area contributed by atoms with E-state index >= 15 is 0 Å². The fraction of sp³-hybridized carbons (Fsp3) is 0.556. The zero-order valence-corrected chi connectivity index (χ0v) is 14.2. The number of nitrogens with one attached hydrogen (secondary N) is 1. The molecule has 2 amide bonds. The third-order valence-corrected chi connectivity index (χ3v) is 5.37. The van der Waals surface area contributed by atoms with Crippen molar-refractivity contribution < 1.29 is 19.1 Å². The smallest absolute Gasteiger partial charge is 0.255 e. The molecule has 0 bridgehead atoms. The second kappa shape index (κ2) is 6.34. The van der Waals surface area contributed by atoms with Crippen molar-refractivity contribution in [1.29, 1.82) is 0 Å². The molecule has 24 heavy (non-hydrogen) atoms. The van der Waals surface area contributed by atoms with Crippen molar-refractivity contribution >= 4 is 11.8 Å². The normalized spacial score (nSPS) is 18.9. The van der Waals surface area contributed by atoms with Crippen molar-refractivity contribution in [1.82, 2.24) is 5.32 Å². The number of benzene rings is 1. The van der Waals surface area contributed by atoms with Gasteiger partial charge in [-0.05, 0) is 50.0 Å². The lowest BCUT2D eigenvalue weighted by atomic mass is 9.83. The quantitative estimate of drug-likeness (QED) is 0.865. The third kappa shape index (κ3) is 3.18. The monoisotopic (exact) mass is 332 g/mol. The predicted molar refractivity (Wildman–Crippen MR) is 89.5 cm³/mol. The molecule has 130 valence electrons. The van der Waals surface area contributed by atoms with Crippen molar-refractivity contribution in [3.63, 3.8) is 0 Å². The van der Waals surface area contributed by atoms with E-state index in [1.807, 2.05) is 0 Å². The Hall–Kier alpha value is -2.24. The number of ether oxygens (including phenoxy) is 2. The first-order valence-corrected chi connectivity index (χ1v) is 8.35. The lowest BCUT2D eigenvalue weighted by molar-refractivity contribution is 0.0916. The molecule has 1 spiro atoms. The van der Waals surface area contributed by atoms with Gasteiger partial charge in [0.25, 0.3) is 11.8 Å². The van der Waals surface area contributed by atoms with Gasteiger partial charge < -0.3 is 20.5 Å². The molecule has 2 aliphatic carbocycles. The summed E-state index contributed by atoms with van der Waals surface area (Å²) in [5.74, 6) is -0.223. The van der Waals surface area contributed by atoms with E-state index in [-0.39, 0.29) is 17.5 Å². The Morgan fingerprint density at radius 1 is 1.04 bits per heavy atom. The van der Waals surface area contributed by atoms with Gasteiger partial charge in [-0.1, -0.05) is 0 Å². The second-order valence-electron chi connectivity index (χ2n) is 6.86. The molecule has 1 aromatic carbocycles. The number of carbonyl (C=O) groups excluding carboxylic acids is 2. The molecule has 2 aliphatic rings. The van der Waals surface area contributed by atoms with Crippen molar-refractivity contribution in [2.24, 2.45) is 11.1 Å². The second-order valence-corrected chi connectivity index (χ2v) is 6.86. The lowest BCUT2D eigenvalue weighted by Gasteiger charge is -2.29. The number of hydrogen-bond donors (Lipinski definition) is 2. The first-order valence-electron chi connectivity index (χ1n) is 8.35. The molecule has 2 fully saturated rings. The van der Waals surface area contributed by atoms with Crippen LogP contribution in [0.1, 0.15) is 59.2 Å². The molecule has 3 N–H and O–H groups in total. The van der Waals surface area contributed by atoms with Crippen LogP contribution in [0.25, 0.3) is 0 Å². The largest absolute Gasteiger partial charge is 0.496 e. The number of nitrogens with two attached hydrogens (primary N) is 1. The van der Waals surface area contributed by atoms with Crippen LogP contribution in [0, 0.1) is 5.41 Å². The number of rotatable bonds is 5. The van der Waals surface area contributed by atoms with Crippen molar-refractivity contribution in [2.75, 3.05) is 14.2 Å². The highest BCUT2D eigenvalue weighted by atomic mass is 16.5. The van der Waals surface area contributed by atoms with E-state index in [1.165, 1.54) is 52.0 Å². The van der Waals surface area contributed by atoms with Gasteiger partial charge in [0, 0.05) is 12.1 Å². The van der Waals surface area contributed by atoms with Crippen LogP contribution in [0.3, 0.4) is 0 Å². The molecule has 6 heteroatoms. The van der Waals surface area contributed by atoms with Gasteiger partial charge in [-0.2, -0.15) is 0 Å². The van der Waals surface area contributed by atoms with E-state index in [9.17, 15) is 9.59 Å². The molecule has 0 radical (unpaired) electrons. The molecular weight excluding hydrogens is 308 g/mol. The van der Waals surface area contributed by atoms with Gasteiger partial charge in [-0.15, -0.1) is 0 Å². The summed E-state index contributed by atoms with van der Waals surface area (Å²) in [6, 6.07) is 3.14. The molecule has 0 aliphatic heterocycles. The van der Waals surface area contributed by atoms with Crippen LogP contribution in [0.5, 0.6) is 11.5 Å². The summed E-state index contributed by atoms with van der Waals surface area (Å²) in [7, 11) is 2.92. The minimum Gasteiger partial charge on any atom is -0.496 e. The maximum atomic E-state index is 12.7. The summed E-state index contributed by atoms with van der Waals surface area (Å²) in [5.41, 5.74) is 6.44. The highest BCUT2D eigenvalue weighted by Crippen LogP contribution is 2.56. The summed E-state index contributed by atoms with van der Waals surface area (Å²) in [4.78, 5) is 24.3. The van der Waals surface area contributed by atoms with Crippen LogP contribution in [-0.2, 0) is 0 Å². The minimum absolute atomic E-state index is 0.170. The molecule has 0 heterocycles. The van der Waals surface area contributed by atoms with E-state index < -0.39 is 5.91 Å². The summed E-state index contributed by atoms with van der Waals surface area (Å²) < 4.78 is 10.4. The highest BCUT2D eigenvalue weighted by molar-refractivity contribution is 6.02. The molecule has 0 atom stereocenters. The summed E-state index contributed by atoms with van der Waals surface area (Å²) >= 11 is 0. The molecule has 0 aromatic heterocycles. The molecule has 3 rings (SSSR count). The van der Waals surface area contributed by atoms with Gasteiger partial charge in [0.15, 0.2) is 0 Å². The first-order chi connectivity index (χ1) is 11.5. The van der Waals surface area contributed by atoms with Gasteiger partial charge in [0.05, 0.1) is 25.3 Å². The van der Waals surface area contributed by atoms with E-state index in [4.69, 9.17) is 15.2 Å². The maximum absolute atomic E-state index is 12.7. The average molecular weight is 332 g/mol. The van der Waals surface area contributed by atoms with Crippen molar-refractivity contribution in [3.8, 4) is 11.5 Å². The Labute approximate surface area is 141 Å². The Morgan fingerprint density at radius 2 is 1.62 bits per heavy atom. The molecular formula is C18H24N2O4. The van der Waals surface area contributed by atoms with Crippen molar-refractivity contribution in [3.05, 3.63) is 23.3 Å². The van der Waals surface area contributed by atoms with Crippen LogP contribution in [0.2, 0.25) is 0 Å². The zero-order valence-electron chi connectivity index (χ0n) is 14.2. The zero-order chi connectivity index (χ0) is 17.3. The van der Waals surface area contributed by atoms with Crippen LogP contribution < -0.4 is 20.5 Å². The molecule has 1 aromatic rings. The fourth-order valence-electron chi connectivity index (χ4n) is 3.58. The Bertz CT molecular complexity index is 657. The van der Waals surface area contributed by atoms with Gasteiger partial charge in [-0.25, -0.2) is 0 Å². The van der Waals surface area contributed by atoms with Gasteiger partial charge in [0.1, 0.15) is 11.5 Å². The number of carbonyl (C=O) groups is 2. The Kier molecular flexibility index (Phi) is 4.39. The van der Waals surface area contributed by atoms with Gasteiger partial charge in [0.2, 0.25) is 0 Å². The SMILES string of the molecule is COc1cc(OC)c(C(=O)NC2CCC3(CC2)CC3)cc1C(N)=O. The highest BCUT2D eigenvalue weighted by Gasteiger charge is 2.44. The Morgan fingerprint density at radius 3 is 2.12 bits per heavy atom. The number of primary amides is 1. The molecule has 0 unspecified atom stereocenters. The fourth-order valence-corrected chi connectivity index (χ4v) is 3.58. The minimum atomic E-state index is -0.642. The number of amides is 2. The molecule has 6 nitrogen and oxygen atoms in total. The topological polar surface area (TPSA) is 90.7 Å².